The van der Waals surface area contributed by atoms with Crippen LogP contribution in [0.4, 0.5) is 0 Å². The molecule has 0 fully saturated rings. The molecule has 0 radical (unpaired) electrons. The average Bonchev–Trinajstić information content (AvgIpc) is 2.88. The fraction of sp³-hybridized carbons (Fsp3) is 0.600. The van der Waals surface area contributed by atoms with E-state index in [9.17, 15) is 13.2 Å². The number of thiazole rings is 1. The van der Waals surface area contributed by atoms with Gasteiger partial charge in [-0.15, -0.1) is 11.3 Å². The molecular weight excluding hydrogens is 308 g/mol. The van der Waals surface area contributed by atoms with Crippen LogP contribution in [0.25, 0.3) is 0 Å². The minimum Gasteiger partial charge on any atom is -0.476 e. The molecule has 10 heteroatoms. The molecule has 114 valence electrons. The predicted molar refractivity (Wildman–Crippen MR) is 71.6 cm³/mol. The third-order valence-corrected chi connectivity index (χ3v) is 5.00. The maximum absolute atomic E-state index is 11.9. The van der Waals surface area contributed by atoms with Crippen LogP contribution in [-0.2, 0) is 19.5 Å². The number of nitrogens with zero attached hydrogens (tertiary/aromatic N) is 1. The lowest BCUT2D eigenvalue weighted by molar-refractivity contribution is 0.0686. The van der Waals surface area contributed by atoms with Crippen LogP contribution in [0, 0.1) is 0 Å². The molecule has 1 aromatic rings. The fourth-order valence-corrected chi connectivity index (χ4v) is 3.52. The van der Waals surface area contributed by atoms with Gasteiger partial charge < -0.3 is 14.6 Å². The molecule has 0 aliphatic rings. The van der Waals surface area contributed by atoms with Gasteiger partial charge in [-0.3, -0.25) is 0 Å². The van der Waals surface area contributed by atoms with Crippen molar-refractivity contribution in [2.24, 2.45) is 0 Å². The second-order valence-corrected chi connectivity index (χ2v) is 6.47. The molecule has 0 unspecified atom stereocenters. The van der Waals surface area contributed by atoms with Gasteiger partial charge in [0.05, 0.1) is 18.7 Å². The van der Waals surface area contributed by atoms with Crippen molar-refractivity contribution in [2.45, 2.75) is 10.6 Å². The summed E-state index contributed by atoms with van der Waals surface area (Å²) in [6.07, 6.45) is 0.476. The maximum atomic E-state index is 11.9. The summed E-state index contributed by atoms with van der Waals surface area (Å²) in [7, 11) is -2.28. The van der Waals surface area contributed by atoms with E-state index in [2.05, 4.69) is 9.71 Å². The van der Waals surface area contributed by atoms with Gasteiger partial charge in [-0.1, -0.05) is 0 Å². The van der Waals surface area contributed by atoms with Crippen molar-refractivity contribution >= 4 is 27.3 Å². The van der Waals surface area contributed by atoms with E-state index in [4.69, 9.17) is 14.6 Å². The van der Waals surface area contributed by atoms with Gasteiger partial charge in [-0.2, -0.15) is 0 Å². The molecule has 0 spiro atoms. The zero-order valence-corrected chi connectivity index (χ0v) is 12.5. The lowest BCUT2D eigenvalue weighted by Gasteiger charge is -2.06. The zero-order valence-electron chi connectivity index (χ0n) is 10.9. The summed E-state index contributed by atoms with van der Waals surface area (Å²) in [6, 6.07) is 0. The average molecular weight is 324 g/mol. The minimum absolute atomic E-state index is 0.159. The molecule has 0 aromatic carbocycles. The van der Waals surface area contributed by atoms with E-state index in [0.29, 0.717) is 26.2 Å². The van der Waals surface area contributed by atoms with Crippen LogP contribution in [0.3, 0.4) is 0 Å². The van der Waals surface area contributed by atoms with Gasteiger partial charge in [0.15, 0.2) is 9.90 Å². The first-order valence-electron chi connectivity index (χ1n) is 5.72. The SMILES string of the molecule is COCCOCCCNS(=O)(=O)c1scnc1C(=O)O. The first-order valence-corrected chi connectivity index (χ1v) is 8.08. The highest BCUT2D eigenvalue weighted by molar-refractivity contribution is 7.91. The Morgan fingerprint density at radius 1 is 1.45 bits per heavy atom. The first-order chi connectivity index (χ1) is 9.49. The summed E-state index contributed by atoms with van der Waals surface area (Å²) in [4.78, 5) is 14.3. The van der Waals surface area contributed by atoms with Crippen LogP contribution in [-0.4, -0.2) is 58.0 Å². The van der Waals surface area contributed by atoms with Gasteiger partial charge in [-0.05, 0) is 6.42 Å². The molecule has 0 aliphatic heterocycles. The molecule has 0 aliphatic carbocycles. The Bertz CT molecular complexity index is 528. The predicted octanol–water partition coefficient (Wildman–Crippen LogP) is 0.173. The van der Waals surface area contributed by atoms with E-state index < -0.39 is 21.7 Å². The number of aromatic nitrogens is 1. The normalized spacial score (nSPS) is 11.7. The Kier molecular flexibility index (Phi) is 7.02. The van der Waals surface area contributed by atoms with Crippen LogP contribution in [0.5, 0.6) is 0 Å². The smallest absolute Gasteiger partial charge is 0.356 e. The van der Waals surface area contributed by atoms with Crippen molar-refractivity contribution in [1.82, 2.24) is 9.71 Å². The molecule has 1 aromatic heterocycles. The summed E-state index contributed by atoms with van der Waals surface area (Å²) in [5, 5.41) is 8.83. The van der Waals surface area contributed by atoms with Crippen LogP contribution >= 0.6 is 11.3 Å². The van der Waals surface area contributed by atoms with Crippen LogP contribution in [0.2, 0.25) is 0 Å². The van der Waals surface area contributed by atoms with Gasteiger partial charge in [0.2, 0.25) is 0 Å². The number of sulfonamides is 1. The number of carbonyl (C=O) groups is 1. The Morgan fingerprint density at radius 2 is 2.20 bits per heavy atom. The molecule has 0 amide bonds. The van der Waals surface area contributed by atoms with E-state index in [1.54, 1.807) is 7.11 Å². The molecule has 0 saturated carbocycles. The number of nitrogens with one attached hydrogen (secondary N) is 1. The van der Waals surface area contributed by atoms with E-state index in [-0.39, 0.29) is 10.8 Å². The fourth-order valence-electron chi connectivity index (χ4n) is 1.26. The second kappa shape index (κ2) is 8.27. The quantitative estimate of drug-likeness (QED) is 0.590. The van der Waals surface area contributed by atoms with Crippen molar-refractivity contribution in [1.29, 1.82) is 0 Å². The number of ether oxygens (including phenoxy) is 2. The number of methoxy groups -OCH3 is 1. The highest BCUT2D eigenvalue weighted by Crippen LogP contribution is 2.19. The zero-order chi connectivity index (χ0) is 15.0. The second-order valence-electron chi connectivity index (χ2n) is 3.65. The summed E-state index contributed by atoms with van der Waals surface area (Å²) in [5.41, 5.74) is 0.727. The summed E-state index contributed by atoms with van der Waals surface area (Å²) in [5.74, 6) is -1.37. The number of carboxylic acids is 1. The van der Waals surface area contributed by atoms with Crippen molar-refractivity contribution in [3.8, 4) is 0 Å². The van der Waals surface area contributed by atoms with Crippen LogP contribution in [0.1, 0.15) is 16.9 Å². The molecular formula is C10H16N2O6S2. The van der Waals surface area contributed by atoms with Gasteiger partial charge in [0.25, 0.3) is 10.0 Å². The van der Waals surface area contributed by atoms with Crippen molar-refractivity contribution < 1.29 is 27.8 Å². The number of aromatic carboxylic acids is 1. The lowest BCUT2D eigenvalue weighted by atomic mass is 10.5. The van der Waals surface area contributed by atoms with E-state index in [1.165, 1.54) is 5.51 Å². The summed E-state index contributed by atoms with van der Waals surface area (Å²) >= 11 is 0.770. The van der Waals surface area contributed by atoms with Crippen molar-refractivity contribution in [3.05, 3.63) is 11.2 Å². The number of rotatable bonds is 10. The molecule has 8 nitrogen and oxygen atoms in total. The molecule has 0 atom stereocenters. The highest BCUT2D eigenvalue weighted by atomic mass is 32.2. The highest BCUT2D eigenvalue weighted by Gasteiger charge is 2.25. The molecule has 2 N–H and O–H groups in total. The summed E-state index contributed by atoms with van der Waals surface area (Å²) < 4.78 is 35.8. The Hall–Kier alpha value is -1.07. The molecule has 20 heavy (non-hydrogen) atoms. The van der Waals surface area contributed by atoms with E-state index in [1.807, 2.05) is 0 Å². The van der Waals surface area contributed by atoms with Crippen molar-refractivity contribution in [3.63, 3.8) is 0 Å². The largest absolute Gasteiger partial charge is 0.476 e. The van der Waals surface area contributed by atoms with Gasteiger partial charge in [-0.25, -0.2) is 22.9 Å². The van der Waals surface area contributed by atoms with Gasteiger partial charge >= 0.3 is 5.97 Å². The molecule has 0 saturated heterocycles. The Morgan fingerprint density at radius 3 is 2.85 bits per heavy atom. The summed E-state index contributed by atoms with van der Waals surface area (Å²) in [6.45, 7) is 1.47. The van der Waals surface area contributed by atoms with Crippen LogP contribution < -0.4 is 4.72 Å². The number of hydrogen-bond donors (Lipinski definition) is 2. The molecule has 1 heterocycles. The monoisotopic (exact) mass is 324 g/mol. The van der Waals surface area contributed by atoms with Crippen molar-refractivity contribution in [2.75, 3.05) is 33.5 Å². The minimum atomic E-state index is -3.85. The molecule has 0 bridgehead atoms. The van der Waals surface area contributed by atoms with Gasteiger partial charge in [0.1, 0.15) is 0 Å². The third-order valence-electron chi connectivity index (χ3n) is 2.17. The van der Waals surface area contributed by atoms with E-state index >= 15 is 0 Å². The topological polar surface area (TPSA) is 115 Å². The van der Waals surface area contributed by atoms with Crippen LogP contribution in [0.15, 0.2) is 9.72 Å². The maximum Gasteiger partial charge on any atom is 0.356 e. The number of hydrogen-bond acceptors (Lipinski definition) is 7. The third kappa shape index (κ3) is 5.13. The lowest BCUT2D eigenvalue weighted by Crippen LogP contribution is -2.26. The Labute approximate surface area is 120 Å². The standard InChI is InChI=1S/C10H16N2O6S2/c1-17-5-6-18-4-2-3-12-20(15,16)10-8(9(13)14)11-7-19-10/h7,12H,2-6H2,1H3,(H,13,14). The molecule has 1 rings (SSSR count). The number of carboxylic acid groups (broad SMARTS) is 1. The van der Waals surface area contributed by atoms with Gasteiger partial charge in [0, 0.05) is 20.3 Å². The first kappa shape index (κ1) is 17.0. The van der Waals surface area contributed by atoms with E-state index in [0.717, 1.165) is 11.3 Å². The Balaban J connectivity index is 2.42.